The summed E-state index contributed by atoms with van der Waals surface area (Å²) in [5.74, 6) is -0.0452. The Morgan fingerprint density at radius 2 is 2.18 bits per heavy atom. The number of nitro benzene ring substituents is 1. The number of hydrogen-bond acceptors (Lipinski definition) is 6. The topological polar surface area (TPSA) is 117 Å². The molecule has 0 spiro atoms. The Labute approximate surface area is 164 Å². The van der Waals surface area contributed by atoms with E-state index in [-0.39, 0.29) is 34.8 Å². The van der Waals surface area contributed by atoms with Crippen LogP contribution in [0, 0.1) is 17.0 Å². The lowest BCUT2D eigenvalue weighted by Crippen LogP contribution is -2.24. The maximum absolute atomic E-state index is 12.2. The zero-order valence-corrected chi connectivity index (χ0v) is 15.9. The van der Waals surface area contributed by atoms with Gasteiger partial charge in [0, 0.05) is 43.2 Å². The Kier molecular flexibility index (Phi) is 5.59. The second-order valence-corrected chi connectivity index (χ2v) is 6.35. The molecule has 2 heterocycles. The molecule has 10 nitrogen and oxygen atoms in total. The summed E-state index contributed by atoms with van der Waals surface area (Å²) >= 11 is 5.98. The maximum atomic E-state index is 12.2. The highest BCUT2D eigenvalue weighted by molar-refractivity contribution is 6.32. The number of halogens is 1. The van der Waals surface area contributed by atoms with Crippen LogP contribution in [0.1, 0.15) is 21.7 Å². The Morgan fingerprint density at radius 3 is 2.82 bits per heavy atom. The van der Waals surface area contributed by atoms with E-state index in [0.717, 1.165) is 11.3 Å². The van der Waals surface area contributed by atoms with Crippen LogP contribution in [0.15, 0.2) is 36.7 Å². The van der Waals surface area contributed by atoms with Crippen molar-refractivity contribution in [1.29, 1.82) is 0 Å². The molecule has 0 aliphatic carbocycles. The molecule has 0 fully saturated rings. The number of benzene rings is 1. The summed E-state index contributed by atoms with van der Waals surface area (Å²) in [6, 6.07) is 5.48. The van der Waals surface area contributed by atoms with Crippen LogP contribution in [0.25, 0.3) is 0 Å². The van der Waals surface area contributed by atoms with Crippen LogP contribution in [0.2, 0.25) is 5.02 Å². The Morgan fingerprint density at radius 1 is 1.39 bits per heavy atom. The van der Waals surface area contributed by atoms with Crippen molar-refractivity contribution in [2.24, 2.45) is 7.05 Å². The van der Waals surface area contributed by atoms with E-state index in [0.29, 0.717) is 6.54 Å². The molecular weight excluding hydrogens is 388 g/mol. The number of nitrogens with zero attached hydrogens (tertiary/aromatic N) is 5. The van der Waals surface area contributed by atoms with E-state index in [2.05, 4.69) is 15.5 Å². The molecule has 0 atom stereocenters. The Balaban J connectivity index is 1.57. The summed E-state index contributed by atoms with van der Waals surface area (Å²) in [7, 11) is 1.83. The molecule has 0 bridgehead atoms. The molecule has 0 saturated heterocycles. The molecule has 0 saturated carbocycles. The van der Waals surface area contributed by atoms with Crippen LogP contribution in [-0.4, -0.2) is 30.4 Å². The third-order valence-corrected chi connectivity index (χ3v) is 4.42. The molecular formula is C17H17ClN6O4. The van der Waals surface area contributed by atoms with Gasteiger partial charge in [-0.15, -0.1) is 0 Å². The summed E-state index contributed by atoms with van der Waals surface area (Å²) < 4.78 is 8.65. The van der Waals surface area contributed by atoms with Crippen LogP contribution in [0.3, 0.4) is 0 Å². The molecule has 2 aromatic heterocycles. The number of aromatic nitrogens is 4. The quantitative estimate of drug-likeness (QED) is 0.477. The molecule has 0 aliphatic heterocycles. The highest BCUT2D eigenvalue weighted by atomic mass is 35.5. The second kappa shape index (κ2) is 8.09. The normalized spacial score (nSPS) is 10.7. The van der Waals surface area contributed by atoms with Gasteiger partial charge in [-0.1, -0.05) is 11.6 Å². The first kappa shape index (κ1) is 19.4. The van der Waals surface area contributed by atoms with Crippen molar-refractivity contribution in [3.8, 4) is 5.75 Å². The van der Waals surface area contributed by atoms with Gasteiger partial charge in [-0.25, -0.2) is 4.68 Å². The van der Waals surface area contributed by atoms with E-state index in [9.17, 15) is 14.9 Å². The van der Waals surface area contributed by atoms with E-state index in [4.69, 9.17) is 16.3 Å². The van der Waals surface area contributed by atoms with Crippen LogP contribution in [-0.2, 0) is 20.3 Å². The van der Waals surface area contributed by atoms with Crippen molar-refractivity contribution in [3.63, 3.8) is 0 Å². The number of carbonyl (C=O) groups is 1. The number of hydrogen-bond donors (Lipinski definition) is 1. The third kappa shape index (κ3) is 4.29. The van der Waals surface area contributed by atoms with E-state index in [1.807, 2.05) is 14.0 Å². The molecule has 1 aromatic carbocycles. The first-order chi connectivity index (χ1) is 13.3. The van der Waals surface area contributed by atoms with Crippen molar-refractivity contribution in [3.05, 3.63) is 68.7 Å². The standard InChI is InChI=1S/C17H17ClN6O4/c1-11-12(9-20-22(11)2)8-19-17(25)15-5-6-23(21-15)10-28-16-4-3-13(24(26)27)7-14(16)18/h3-7,9H,8,10H2,1-2H3,(H,19,25). The van der Waals surface area contributed by atoms with Gasteiger partial charge in [-0.2, -0.15) is 10.2 Å². The lowest BCUT2D eigenvalue weighted by atomic mass is 10.2. The highest BCUT2D eigenvalue weighted by Crippen LogP contribution is 2.28. The van der Waals surface area contributed by atoms with Gasteiger partial charge in [0.15, 0.2) is 6.73 Å². The molecule has 0 unspecified atom stereocenters. The molecule has 3 rings (SSSR count). The Hall–Kier alpha value is -3.40. The van der Waals surface area contributed by atoms with Gasteiger partial charge in [0.05, 0.1) is 16.1 Å². The lowest BCUT2D eigenvalue weighted by molar-refractivity contribution is -0.384. The molecule has 3 aromatic rings. The highest BCUT2D eigenvalue weighted by Gasteiger charge is 2.13. The number of aryl methyl sites for hydroxylation is 1. The van der Waals surface area contributed by atoms with Gasteiger partial charge in [0.1, 0.15) is 11.4 Å². The van der Waals surface area contributed by atoms with Gasteiger partial charge < -0.3 is 10.1 Å². The first-order valence-corrected chi connectivity index (χ1v) is 8.59. The number of nitrogens with one attached hydrogen (secondary N) is 1. The average molecular weight is 405 g/mol. The Bertz CT molecular complexity index is 1030. The van der Waals surface area contributed by atoms with Crippen molar-refractivity contribution in [2.45, 2.75) is 20.2 Å². The van der Waals surface area contributed by atoms with Gasteiger partial charge in [-0.3, -0.25) is 19.6 Å². The zero-order chi connectivity index (χ0) is 20.3. The number of ether oxygens (including phenoxy) is 1. The fourth-order valence-corrected chi connectivity index (χ4v) is 2.62. The first-order valence-electron chi connectivity index (χ1n) is 8.21. The number of nitro groups is 1. The molecule has 11 heteroatoms. The van der Waals surface area contributed by atoms with Crippen molar-refractivity contribution in [2.75, 3.05) is 0 Å². The minimum Gasteiger partial charge on any atom is -0.470 e. The molecule has 146 valence electrons. The summed E-state index contributed by atoms with van der Waals surface area (Å²) in [6.07, 6.45) is 3.29. The van der Waals surface area contributed by atoms with Crippen LogP contribution >= 0.6 is 11.6 Å². The fourth-order valence-electron chi connectivity index (χ4n) is 2.39. The monoisotopic (exact) mass is 404 g/mol. The lowest BCUT2D eigenvalue weighted by Gasteiger charge is -2.07. The second-order valence-electron chi connectivity index (χ2n) is 5.95. The van der Waals surface area contributed by atoms with E-state index in [1.165, 1.54) is 22.9 Å². The van der Waals surface area contributed by atoms with Gasteiger partial charge in [0.25, 0.3) is 11.6 Å². The predicted molar refractivity (Wildman–Crippen MR) is 100 cm³/mol. The average Bonchev–Trinajstić information content (AvgIpc) is 3.26. The maximum Gasteiger partial charge on any atom is 0.272 e. The SMILES string of the molecule is Cc1c(CNC(=O)c2ccn(COc3ccc([N+](=O)[O-])cc3Cl)n2)cnn1C. The summed E-state index contributed by atoms with van der Waals surface area (Å²) in [6.45, 7) is 2.26. The minimum atomic E-state index is -0.541. The number of non-ortho nitro benzene ring substituents is 1. The van der Waals surface area contributed by atoms with Crippen LogP contribution in [0.5, 0.6) is 5.75 Å². The fraction of sp³-hybridized carbons (Fsp3) is 0.235. The smallest absolute Gasteiger partial charge is 0.272 e. The van der Waals surface area contributed by atoms with E-state index < -0.39 is 4.92 Å². The predicted octanol–water partition coefficient (Wildman–Crippen LogP) is 2.45. The largest absolute Gasteiger partial charge is 0.470 e. The van der Waals surface area contributed by atoms with Crippen molar-refractivity contribution >= 4 is 23.2 Å². The number of rotatable bonds is 7. The molecule has 1 N–H and O–H groups in total. The minimum absolute atomic E-state index is 0.00742. The van der Waals surface area contributed by atoms with Gasteiger partial charge >= 0.3 is 0 Å². The van der Waals surface area contributed by atoms with Crippen molar-refractivity contribution < 1.29 is 14.5 Å². The van der Waals surface area contributed by atoms with Crippen molar-refractivity contribution in [1.82, 2.24) is 24.9 Å². The molecule has 28 heavy (non-hydrogen) atoms. The number of amides is 1. The molecule has 0 radical (unpaired) electrons. The van der Waals surface area contributed by atoms with Gasteiger partial charge in [0.2, 0.25) is 0 Å². The third-order valence-electron chi connectivity index (χ3n) is 4.13. The van der Waals surface area contributed by atoms with E-state index in [1.54, 1.807) is 23.1 Å². The summed E-state index contributed by atoms with van der Waals surface area (Å²) in [5, 5.41) is 21.9. The van der Waals surface area contributed by atoms with Crippen LogP contribution in [0.4, 0.5) is 5.69 Å². The summed E-state index contributed by atoms with van der Waals surface area (Å²) in [5.41, 5.74) is 2.00. The molecule has 1 amide bonds. The summed E-state index contributed by atoms with van der Waals surface area (Å²) in [4.78, 5) is 22.4. The van der Waals surface area contributed by atoms with Crippen LogP contribution < -0.4 is 10.1 Å². The zero-order valence-electron chi connectivity index (χ0n) is 15.1. The van der Waals surface area contributed by atoms with E-state index >= 15 is 0 Å². The number of carbonyl (C=O) groups excluding carboxylic acids is 1. The molecule has 0 aliphatic rings. The van der Waals surface area contributed by atoms with Gasteiger partial charge in [-0.05, 0) is 19.1 Å².